The Kier molecular flexibility index (Phi) is 4.42. The first-order valence-corrected chi connectivity index (χ1v) is 7.55. The van der Waals surface area contributed by atoms with Crippen molar-refractivity contribution >= 4 is 45.5 Å². The van der Waals surface area contributed by atoms with E-state index in [2.05, 4.69) is 15.2 Å². The SMILES string of the molecule is COc1ccc(N=Nc2c(O)c3ccc(Cl)c(Cl)c3[nH]c2=O)cc1. The number of rotatable bonds is 3. The zero-order valence-corrected chi connectivity index (χ0v) is 13.9. The largest absolute Gasteiger partial charge is 0.505 e. The number of nitrogens with zero attached hydrogens (tertiary/aromatic N) is 2. The number of aromatic nitrogens is 1. The molecule has 0 aliphatic rings. The van der Waals surface area contributed by atoms with Crippen molar-refractivity contribution in [1.29, 1.82) is 0 Å². The summed E-state index contributed by atoms with van der Waals surface area (Å²) in [5.41, 5.74) is -0.0861. The molecule has 8 heteroatoms. The van der Waals surface area contributed by atoms with E-state index in [0.29, 0.717) is 16.8 Å². The van der Waals surface area contributed by atoms with Crippen LogP contribution in [0.4, 0.5) is 11.4 Å². The summed E-state index contributed by atoms with van der Waals surface area (Å²) in [6.07, 6.45) is 0. The third kappa shape index (κ3) is 2.93. The van der Waals surface area contributed by atoms with E-state index in [9.17, 15) is 9.90 Å². The van der Waals surface area contributed by atoms with E-state index in [1.807, 2.05) is 0 Å². The molecule has 0 saturated carbocycles. The molecule has 0 spiro atoms. The molecule has 0 saturated heterocycles. The number of aromatic amines is 1. The highest BCUT2D eigenvalue weighted by Gasteiger charge is 2.15. The molecule has 1 heterocycles. The summed E-state index contributed by atoms with van der Waals surface area (Å²) in [7, 11) is 1.56. The molecule has 0 radical (unpaired) electrons. The molecule has 0 atom stereocenters. The van der Waals surface area contributed by atoms with E-state index in [1.54, 1.807) is 37.4 Å². The number of methoxy groups -OCH3 is 1. The summed E-state index contributed by atoms with van der Waals surface area (Å²) in [5.74, 6) is 0.358. The van der Waals surface area contributed by atoms with Gasteiger partial charge in [-0.1, -0.05) is 23.2 Å². The molecule has 3 aromatic rings. The smallest absolute Gasteiger partial charge is 0.280 e. The van der Waals surface area contributed by atoms with Crippen LogP contribution in [0.1, 0.15) is 0 Å². The zero-order valence-electron chi connectivity index (χ0n) is 12.4. The van der Waals surface area contributed by atoms with E-state index in [0.717, 1.165) is 0 Å². The highest BCUT2D eigenvalue weighted by molar-refractivity contribution is 6.45. The van der Waals surface area contributed by atoms with Crippen molar-refractivity contribution in [2.75, 3.05) is 7.11 Å². The summed E-state index contributed by atoms with van der Waals surface area (Å²) in [6, 6.07) is 9.83. The molecule has 0 aliphatic carbocycles. The topological polar surface area (TPSA) is 87.0 Å². The van der Waals surface area contributed by atoms with Gasteiger partial charge in [0.05, 0.1) is 28.4 Å². The number of fused-ring (bicyclic) bond motifs is 1. The van der Waals surface area contributed by atoms with Crippen LogP contribution in [0.5, 0.6) is 11.5 Å². The van der Waals surface area contributed by atoms with Crippen molar-refractivity contribution in [3.8, 4) is 11.5 Å². The lowest BCUT2D eigenvalue weighted by Gasteiger charge is -2.06. The van der Waals surface area contributed by atoms with Crippen LogP contribution in [-0.4, -0.2) is 17.2 Å². The highest BCUT2D eigenvalue weighted by Crippen LogP contribution is 2.37. The van der Waals surface area contributed by atoms with Crippen LogP contribution < -0.4 is 10.3 Å². The molecule has 24 heavy (non-hydrogen) atoms. The van der Waals surface area contributed by atoms with Crippen molar-refractivity contribution in [2.45, 2.75) is 0 Å². The fourth-order valence-electron chi connectivity index (χ4n) is 2.13. The first-order chi connectivity index (χ1) is 11.5. The molecule has 6 nitrogen and oxygen atoms in total. The molecule has 0 fully saturated rings. The lowest BCUT2D eigenvalue weighted by atomic mass is 10.2. The van der Waals surface area contributed by atoms with Crippen molar-refractivity contribution in [3.05, 3.63) is 56.8 Å². The third-order valence-electron chi connectivity index (χ3n) is 3.37. The molecule has 1 aromatic heterocycles. The molecule has 2 N–H and O–H groups in total. The maximum Gasteiger partial charge on any atom is 0.280 e. The predicted octanol–water partition coefficient (Wildman–Crippen LogP) is 4.96. The van der Waals surface area contributed by atoms with Gasteiger partial charge in [0.1, 0.15) is 5.75 Å². The number of hydrogen-bond acceptors (Lipinski definition) is 5. The molecule has 2 aromatic carbocycles. The minimum Gasteiger partial charge on any atom is -0.505 e. The monoisotopic (exact) mass is 363 g/mol. The number of halogens is 2. The molecular formula is C16H11Cl2N3O3. The number of ether oxygens (including phenoxy) is 1. The van der Waals surface area contributed by atoms with Gasteiger partial charge in [0.2, 0.25) is 0 Å². The second kappa shape index (κ2) is 6.51. The van der Waals surface area contributed by atoms with Crippen LogP contribution in [0.2, 0.25) is 10.0 Å². The Morgan fingerprint density at radius 1 is 1.08 bits per heavy atom. The van der Waals surface area contributed by atoms with Gasteiger partial charge in [0.15, 0.2) is 11.4 Å². The zero-order chi connectivity index (χ0) is 17.3. The van der Waals surface area contributed by atoms with E-state index in [-0.39, 0.29) is 27.0 Å². The van der Waals surface area contributed by atoms with Crippen LogP contribution in [0.3, 0.4) is 0 Å². The highest BCUT2D eigenvalue weighted by atomic mass is 35.5. The van der Waals surface area contributed by atoms with Crippen LogP contribution in [0.25, 0.3) is 10.9 Å². The number of nitrogens with one attached hydrogen (secondary N) is 1. The predicted molar refractivity (Wildman–Crippen MR) is 93.4 cm³/mol. The van der Waals surface area contributed by atoms with Gasteiger partial charge < -0.3 is 14.8 Å². The van der Waals surface area contributed by atoms with E-state index in [1.165, 1.54) is 6.07 Å². The minimum atomic E-state index is -0.624. The molecule has 0 aliphatic heterocycles. The molecule has 122 valence electrons. The Balaban J connectivity index is 2.07. The molecular weight excluding hydrogens is 353 g/mol. The van der Waals surface area contributed by atoms with Crippen molar-refractivity contribution in [2.24, 2.45) is 10.2 Å². The van der Waals surface area contributed by atoms with E-state index in [4.69, 9.17) is 27.9 Å². The number of benzene rings is 2. The van der Waals surface area contributed by atoms with Gasteiger partial charge in [-0.2, -0.15) is 5.11 Å². The summed E-state index contributed by atoms with van der Waals surface area (Å²) >= 11 is 12.0. The average Bonchev–Trinajstić information content (AvgIpc) is 2.59. The van der Waals surface area contributed by atoms with Gasteiger partial charge in [-0.05, 0) is 36.4 Å². The molecule has 0 bridgehead atoms. The molecule has 0 amide bonds. The van der Waals surface area contributed by atoms with Crippen molar-refractivity contribution in [3.63, 3.8) is 0 Å². The van der Waals surface area contributed by atoms with E-state index >= 15 is 0 Å². The third-order valence-corrected chi connectivity index (χ3v) is 4.17. The quantitative estimate of drug-likeness (QED) is 0.644. The van der Waals surface area contributed by atoms with Crippen molar-refractivity contribution in [1.82, 2.24) is 4.98 Å². The Hall–Kier alpha value is -2.57. The number of hydrogen-bond donors (Lipinski definition) is 2. The van der Waals surface area contributed by atoms with E-state index < -0.39 is 5.56 Å². The minimum absolute atomic E-state index is 0.153. The summed E-state index contributed by atoms with van der Waals surface area (Å²) in [6.45, 7) is 0. The van der Waals surface area contributed by atoms with Crippen LogP contribution in [0, 0.1) is 0 Å². The first-order valence-electron chi connectivity index (χ1n) is 6.80. The molecule has 0 unspecified atom stereocenters. The first kappa shape index (κ1) is 16.3. The van der Waals surface area contributed by atoms with Gasteiger partial charge in [0.25, 0.3) is 5.56 Å². The van der Waals surface area contributed by atoms with Crippen molar-refractivity contribution < 1.29 is 9.84 Å². The van der Waals surface area contributed by atoms with Crippen LogP contribution >= 0.6 is 23.2 Å². The Morgan fingerprint density at radius 2 is 1.79 bits per heavy atom. The lowest BCUT2D eigenvalue weighted by Crippen LogP contribution is -2.05. The lowest BCUT2D eigenvalue weighted by molar-refractivity contribution is 0.415. The summed E-state index contributed by atoms with van der Waals surface area (Å²) < 4.78 is 5.05. The van der Waals surface area contributed by atoms with Gasteiger partial charge in [-0.3, -0.25) is 4.79 Å². The number of azo groups is 1. The maximum absolute atomic E-state index is 12.1. The number of pyridine rings is 1. The second-order valence-corrected chi connectivity index (χ2v) is 5.62. The van der Waals surface area contributed by atoms with Crippen LogP contribution in [-0.2, 0) is 0 Å². The Labute approximate surface area is 146 Å². The van der Waals surface area contributed by atoms with Gasteiger partial charge in [0, 0.05) is 5.39 Å². The number of H-pyrrole nitrogens is 1. The fourth-order valence-corrected chi connectivity index (χ4v) is 2.50. The standard InChI is InChI=1S/C16H11Cl2N3O3/c1-24-9-4-2-8(3-5-9)20-21-14-15(22)10-6-7-11(17)12(18)13(10)19-16(14)23/h2-7H,1H3,(H2,19,22,23). The molecule has 3 rings (SSSR count). The Bertz CT molecular complexity index is 998. The number of aromatic hydroxyl groups is 1. The normalized spacial score (nSPS) is 11.3. The van der Waals surface area contributed by atoms with Crippen LogP contribution in [0.15, 0.2) is 51.4 Å². The Morgan fingerprint density at radius 3 is 2.46 bits per heavy atom. The average molecular weight is 364 g/mol. The fraction of sp³-hybridized carbons (Fsp3) is 0.0625. The maximum atomic E-state index is 12.1. The van der Waals surface area contributed by atoms with Gasteiger partial charge in [-0.15, -0.1) is 5.11 Å². The van der Waals surface area contributed by atoms with Gasteiger partial charge in [-0.25, -0.2) is 0 Å². The summed E-state index contributed by atoms with van der Waals surface area (Å²) in [5, 5.41) is 18.9. The van der Waals surface area contributed by atoms with Gasteiger partial charge >= 0.3 is 0 Å². The summed E-state index contributed by atoms with van der Waals surface area (Å²) in [4.78, 5) is 14.7. The second-order valence-electron chi connectivity index (χ2n) is 4.83.